The Hall–Kier alpha value is -5.57. The van der Waals surface area contributed by atoms with Crippen LogP contribution in [0.15, 0.2) is 221 Å². The number of carbonyl (C=O) groups excluding carboxylic acids is 1. The van der Waals surface area contributed by atoms with E-state index in [1.54, 1.807) is 0 Å². The number of amides is 1. The average molecular weight is 1910 g/mol. The first-order chi connectivity index (χ1) is 63.5. The molecule has 1 amide bonds. The number of rotatable bonds is 70. The third-order valence-corrected chi connectivity index (χ3v) is 28.1. The molecule has 0 bridgehead atoms. The zero-order chi connectivity index (χ0) is 100.0. The van der Waals surface area contributed by atoms with E-state index in [0.29, 0.717) is 6.42 Å². The number of carbonyl (C=O) groups is 1. The van der Waals surface area contributed by atoms with Crippen LogP contribution in [0.3, 0.4) is 0 Å². The van der Waals surface area contributed by atoms with Gasteiger partial charge in [0.2, 0.25) is 5.91 Å². The van der Waals surface area contributed by atoms with Gasteiger partial charge in [0.05, 0.1) is 19.8 Å². The Morgan fingerprint density at radius 1 is 0.306 bits per heavy atom. The first kappa shape index (κ1) is 124. The summed E-state index contributed by atoms with van der Waals surface area (Å²) in [6.45, 7) is 46.3. The molecule has 0 aliphatic carbocycles. The second kappa shape index (κ2) is 72.7. The molecule has 0 radical (unpaired) electrons. The first-order valence-corrected chi connectivity index (χ1v) is 53.8. The molecule has 20 heteroatoms. The van der Waals surface area contributed by atoms with E-state index < -0.39 is 96.1 Å². The van der Waals surface area contributed by atoms with Gasteiger partial charge in [-0.05, 0) is 395 Å². The molecule has 13 atom stereocenters. The number of phosphoric ester groups is 2. The van der Waals surface area contributed by atoms with Crippen LogP contribution in [0.2, 0.25) is 0 Å². The third-order valence-electron chi connectivity index (χ3n) is 25.4. The van der Waals surface area contributed by atoms with Crippen molar-refractivity contribution in [1.82, 2.24) is 5.32 Å². The molecule has 9 N–H and O–H groups in total. The van der Waals surface area contributed by atoms with Gasteiger partial charge in [-0.1, -0.05) is 228 Å². The number of aliphatic hydroxyl groups is 6. The van der Waals surface area contributed by atoms with Crippen molar-refractivity contribution >= 4 is 21.6 Å². The number of aliphatic hydroxyl groups excluding tert-OH is 6. The van der Waals surface area contributed by atoms with Crippen LogP contribution in [0.1, 0.15) is 403 Å². The van der Waals surface area contributed by atoms with E-state index in [0.717, 1.165) is 232 Å². The van der Waals surface area contributed by atoms with Gasteiger partial charge in [-0.25, -0.2) is 9.13 Å². The van der Waals surface area contributed by atoms with Gasteiger partial charge >= 0.3 is 15.6 Å². The van der Waals surface area contributed by atoms with Gasteiger partial charge in [0.1, 0.15) is 48.8 Å². The molecule has 3 unspecified atom stereocenters. The largest absolute Gasteiger partial charge is 0.483 e. The van der Waals surface area contributed by atoms with Gasteiger partial charge in [-0.15, -0.1) is 0 Å². The standard InChI is InChI=1S/C114H189NO17P2/c1-84(2)42-23-43-85(3)44-24-45-86(4)46-25-47-87(5)48-26-49-88(6)50-27-51-89(7)52-28-53-90(8)54-29-55-91(9)56-30-57-92(10)58-31-59-93(11)60-32-61-94(12)62-33-63-95(13)64-34-65-96(14)66-35-67-97(15)68-36-69-98(16)70-37-71-99(17)72-38-73-100(18)74-39-75-101(19)76-40-77-102(20)78-41-79-103(21)80-81-127-133(123,124)132-134(125,126)131-113-107(115-104(22)118)109(120)112(106(83-117)129-113)130-114-111(122)110(121)108(119)105(82-116)128-114/h42,44,46,48,50,52,54,56,58,60,62,64,66,68,70,72,74,76,78,103,105-114,116-117,119-122H,23-41,43,45,47,49,51,53,55,57,59,61,63,65,67,69,71,73,75,77,79-83H2,1-22H3,(H,115,118)(H,123,124)(H,125,126)/b85-44+,86-46+,87-48+,88-50+,89-52+,90-54+,91-56+,92-58+,93-60+,94-62+,95-64+,96-66+,97-68+,98-70+,99-72+,100-74+,101-76+,102-78+/t103?,105-,106-,107-,108-,109-,110+,111-,112-,113-,114+/m1/s1. The van der Waals surface area contributed by atoms with Crippen LogP contribution in [0, 0.1) is 5.92 Å². The summed E-state index contributed by atoms with van der Waals surface area (Å²) in [5.74, 6) is -0.766. The van der Waals surface area contributed by atoms with Crippen molar-refractivity contribution in [3.8, 4) is 0 Å². The van der Waals surface area contributed by atoms with E-state index in [-0.39, 0.29) is 12.5 Å². The fourth-order valence-corrected chi connectivity index (χ4v) is 18.4. The Morgan fingerprint density at radius 3 is 0.769 bits per heavy atom. The van der Waals surface area contributed by atoms with Crippen LogP contribution in [-0.4, -0.2) is 128 Å². The predicted molar refractivity (Wildman–Crippen MR) is 562 cm³/mol. The molecular formula is C114H189NO17P2. The Balaban J connectivity index is 1.57. The van der Waals surface area contributed by atoms with Crippen LogP contribution in [0.5, 0.6) is 0 Å². The fraction of sp³-hybridized carbons (Fsp3) is 0.658. The van der Waals surface area contributed by atoms with Gasteiger partial charge in [0.15, 0.2) is 12.6 Å². The molecule has 18 nitrogen and oxygen atoms in total. The van der Waals surface area contributed by atoms with Gasteiger partial charge in [0, 0.05) is 6.92 Å². The number of ether oxygens (including phenoxy) is 3. The van der Waals surface area contributed by atoms with Gasteiger partial charge < -0.3 is 60.0 Å². The van der Waals surface area contributed by atoms with Crippen molar-refractivity contribution in [2.24, 2.45) is 5.92 Å². The van der Waals surface area contributed by atoms with Crippen LogP contribution in [-0.2, 0) is 41.5 Å². The smallest absolute Gasteiger partial charge is 0.394 e. The Morgan fingerprint density at radius 2 is 0.537 bits per heavy atom. The van der Waals surface area contributed by atoms with Crippen molar-refractivity contribution in [2.75, 3.05) is 19.8 Å². The summed E-state index contributed by atoms with van der Waals surface area (Å²) in [7, 11) is -10.8. The summed E-state index contributed by atoms with van der Waals surface area (Å²) in [5, 5.41) is 64.1. The van der Waals surface area contributed by atoms with Gasteiger partial charge in [0.25, 0.3) is 0 Å². The molecule has 2 saturated heterocycles. The molecule has 2 heterocycles. The number of hydrogen-bond acceptors (Lipinski definition) is 15. The minimum absolute atomic E-state index is 0.0379. The maximum atomic E-state index is 13.1. The SMILES string of the molecule is CC(=O)N[C@H]1[C@@H](OP(=O)(O)OP(=O)(O)OCCC(C)CC/C=C(\C)CC/C=C(\C)CC/C=C(\C)CC/C=C(\C)CC/C=C(\C)CC/C=C(\C)CC/C=C(\C)CC/C=C(\C)CC/C=C(\C)CC/C=C(\C)CC/C=C(\C)CC/C=C(\C)CC/C=C(\C)CC/C=C(\C)CC/C=C(\C)CC/C=C(\C)CC/C=C(\C)CC/C=C(\C)CCC=C(C)C)O[C@H](CO)[C@@H](O[C@@H]2O[C@H](CO)[C@@H](O)[C@H](O)[C@H]2O)[C@@H]1O. The van der Waals surface area contributed by atoms with E-state index in [2.05, 4.69) is 264 Å². The monoisotopic (exact) mass is 1910 g/mol. The normalized spacial score (nSPS) is 22.5. The molecule has 2 aliphatic rings. The second-order valence-electron chi connectivity index (χ2n) is 39.6. The number of allylic oxidation sites excluding steroid dienone is 38. The highest BCUT2D eigenvalue weighted by Gasteiger charge is 2.53. The lowest BCUT2D eigenvalue weighted by molar-refractivity contribution is -0.344. The van der Waals surface area contributed by atoms with Crippen LogP contribution >= 0.6 is 15.6 Å². The van der Waals surface area contributed by atoms with Crippen LogP contribution < -0.4 is 5.32 Å². The number of nitrogens with one attached hydrogen (secondary N) is 1. The van der Waals surface area contributed by atoms with Crippen molar-refractivity contribution in [3.63, 3.8) is 0 Å². The molecule has 2 aliphatic heterocycles. The van der Waals surface area contributed by atoms with E-state index in [1.165, 1.54) is 125 Å². The lowest BCUT2D eigenvalue weighted by Crippen LogP contribution is -2.67. The topological polar surface area (TPSA) is 280 Å². The quantitative estimate of drug-likeness (QED) is 0.0202. The second-order valence-corrected chi connectivity index (χ2v) is 42.6. The van der Waals surface area contributed by atoms with E-state index in [1.807, 2.05) is 6.92 Å². The minimum Gasteiger partial charge on any atom is -0.394 e. The lowest BCUT2D eigenvalue weighted by atomic mass is 9.95. The van der Waals surface area contributed by atoms with E-state index >= 15 is 0 Å². The summed E-state index contributed by atoms with van der Waals surface area (Å²) in [4.78, 5) is 33.1. The highest BCUT2D eigenvalue weighted by molar-refractivity contribution is 7.61. The maximum absolute atomic E-state index is 13.1. The molecule has 0 saturated carbocycles. The number of hydrogen-bond donors (Lipinski definition) is 9. The number of phosphoric acid groups is 2. The van der Waals surface area contributed by atoms with Crippen molar-refractivity contribution < 1.29 is 81.9 Å². The molecule has 0 aromatic carbocycles. The van der Waals surface area contributed by atoms with Crippen LogP contribution in [0.4, 0.5) is 0 Å². The Bertz CT molecular complexity index is 4130. The highest BCUT2D eigenvalue weighted by atomic mass is 31.3. The fourth-order valence-electron chi connectivity index (χ4n) is 16.2. The van der Waals surface area contributed by atoms with Crippen LogP contribution in [0.25, 0.3) is 0 Å². The minimum atomic E-state index is -5.59. The summed E-state index contributed by atoms with van der Waals surface area (Å²) < 4.78 is 57.0. The summed E-state index contributed by atoms with van der Waals surface area (Å²) >= 11 is 0. The third kappa shape index (κ3) is 62.5. The predicted octanol–water partition coefficient (Wildman–Crippen LogP) is 29.9. The highest BCUT2D eigenvalue weighted by Crippen LogP contribution is 2.61. The van der Waals surface area contributed by atoms with Gasteiger partial charge in [-0.2, -0.15) is 4.31 Å². The molecule has 0 aromatic heterocycles. The average Bonchev–Trinajstić information content (AvgIpc) is 0.774. The van der Waals surface area contributed by atoms with E-state index in [4.69, 9.17) is 23.3 Å². The van der Waals surface area contributed by atoms with Gasteiger partial charge in [-0.3, -0.25) is 13.8 Å². The summed E-state index contributed by atoms with van der Waals surface area (Å²) in [5.41, 5.74) is 28.1. The van der Waals surface area contributed by atoms with Crippen molar-refractivity contribution in [2.45, 2.75) is 464 Å². The van der Waals surface area contributed by atoms with E-state index in [9.17, 15) is 54.4 Å². The molecule has 0 spiro atoms. The van der Waals surface area contributed by atoms with Crippen molar-refractivity contribution in [1.29, 1.82) is 0 Å². The van der Waals surface area contributed by atoms with Crippen molar-refractivity contribution in [3.05, 3.63) is 221 Å². The zero-order valence-corrected chi connectivity index (χ0v) is 89.5. The summed E-state index contributed by atoms with van der Waals surface area (Å²) in [6, 6.07) is -1.76. The molecule has 762 valence electrons. The molecule has 0 aromatic rings. The lowest BCUT2D eigenvalue weighted by Gasteiger charge is -2.47. The first-order valence-electron chi connectivity index (χ1n) is 50.8. The molecule has 134 heavy (non-hydrogen) atoms. The summed E-state index contributed by atoms with van der Waals surface area (Å²) in [6.07, 6.45) is 71.9. The maximum Gasteiger partial charge on any atom is 0.483 e. The Labute approximate surface area is 815 Å². The molecular weight excluding hydrogens is 1720 g/mol. The molecule has 2 fully saturated rings. The zero-order valence-electron chi connectivity index (χ0n) is 87.7. The molecule has 2 rings (SSSR count). The Kier molecular flexibility index (Phi) is 67.5.